The van der Waals surface area contributed by atoms with Crippen LogP contribution in [-0.4, -0.2) is 24.8 Å². The molecule has 3 nitrogen and oxygen atoms in total. The topological polar surface area (TPSA) is 41.5 Å². The molecule has 2 N–H and O–H groups in total. The van der Waals surface area contributed by atoms with E-state index in [0.29, 0.717) is 6.61 Å². The molecule has 0 atom stereocenters. The second kappa shape index (κ2) is 15.1. The number of allylic oxidation sites excluding steroid dienone is 1. The summed E-state index contributed by atoms with van der Waals surface area (Å²) >= 11 is 0. The molecule has 0 unspecified atom stereocenters. The summed E-state index contributed by atoms with van der Waals surface area (Å²) < 4.78 is 5.98. The Labute approximate surface area is 211 Å². The van der Waals surface area contributed by atoms with Crippen molar-refractivity contribution in [2.45, 2.75) is 58.8 Å². The maximum absolute atomic E-state index is 9.81. The van der Waals surface area contributed by atoms with Gasteiger partial charge in [-0.2, -0.15) is 0 Å². The van der Waals surface area contributed by atoms with Gasteiger partial charge in [0, 0.05) is 6.54 Å². The van der Waals surface area contributed by atoms with E-state index in [1.54, 1.807) is 12.1 Å². The van der Waals surface area contributed by atoms with Gasteiger partial charge in [0.05, 0.1) is 0 Å². The van der Waals surface area contributed by atoms with Gasteiger partial charge >= 0.3 is 0 Å². The van der Waals surface area contributed by atoms with E-state index in [-0.39, 0.29) is 5.75 Å². The molecule has 0 heterocycles. The lowest BCUT2D eigenvalue weighted by molar-refractivity contribution is 0.313. The van der Waals surface area contributed by atoms with Crippen molar-refractivity contribution >= 4 is 11.1 Å². The van der Waals surface area contributed by atoms with Crippen LogP contribution < -0.4 is 10.1 Å². The lowest BCUT2D eigenvalue weighted by atomic mass is 9.88. The minimum Gasteiger partial charge on any atom is -0.508 e. The van der Waals surface area contributed by atoms with Crippen LogP contribution in [0, 0.1) is 0 Å². The Hall–Kier alpha value is -3.04. The van der Waals surface area contributed by atoms with Crippen molar-refractivity contribution < 1.29 is 9.84 Å². The Morgan fingerprint density at radius 3 is 1.97 bits per heavy atom. The second-order valence-electron chi connectivity index (χ2n) is 9.01. The summed E-state index contributed by atoms with van der Waals surface area (Å²) in [4.78, 5) is 0. The van der Waals surface area contributed by atoms with Crippen molar-refractivity contribution in [2.75, 3.05) is 19.7 Å². The molecule has 0 radical (unpaired) electrons. The molecule has 0 saturated carbocycles. The number of benzene rings is 3. The van der Waals surface area contributed by atoms with Gasteiger partial charge in [-0.15, -0.1) is 0 Å². The van der Waals surface area contributed by atoms with Gasteiger partial charge < -0.3 is 15.2 Å². The maximum Gasteiger partial charge on any atom is 0.119 e. The van der Waals surface area contributed by atoms with Gasteiger partial charge in [0.1, 0.15) is 18.1 Å². The SMILES string of the molecule is CCCCCCCCNCCOc1ccc(/C(=C(/CC)c2ccccc2)c2ccc(O)cc2)cc1. The molecule has 3 aromatic rings. The molecule has 0 aliphatic rings. The number of phenolic OH excluding ortho intramolecular Hbond substituents is 1. The molecule has 0 aliphatic heterocycles. The van der Waals surface area contributed by atoms with Crippen molar-refractivity contribution in [1.82, 2.24) is 5.32 Å². The number of rotatable bonds is 15. The van der Waals surface area contributed by atoms with Crippen LogP contribution in [0.2, 0.25) is 0 Å². The molecule has 0 aromatic heterocycles. The number of phenols is 1. The van der Waals surface area contributed by atoms with Crippen molar-refractivity contribution in [3.05, 3.63) is 95.6 Å². The summed E-state index contributed by atoms with van der Waals surface area (Å²) in [7, 11) is 0. The molecular weight excluding hydrogens is 430 g/mol. The predicted octanol–water partition coefficient (Wildman–Crippen LogP) is 8.09. The molecule has 0 aliphatic carbocycles. The van der Waals surface area contributed by atoms with E-state index >= 15 is 0 Å². The Morgan fingerprint density at radius 1 is 0.686 bits per heavy atom. The Kier molecular flexibility index (Phi) is 11.4. The number of hydrogen-bond donors (Lipinski definition) is 2. The number of ether oxygens (including phenoxy) is 1. The fraction of sp³-hybridized carbons (Fsp3) is 0.375. The number of aromatic hydroxyl groups is 1. The number of unbranched alkanes of at least 4 members (excludes halogenated alkanes) is 5. The molecule has 3 heteroatoms. The summed E-state index contributed by atoms with van der Waals surface area (Å²) in [5.74, 6) is 1.16. The maximum atomic E-state index is 9.81. The first-order valence-electron chi connectivity index (χ1n) is 13.2. The third-order valence-corrected chi connectivity index (χ3v) is 6.33. The molecule has 3 aromatic carbocycles. The van der Waals surface area contributed by atoms with E-state index < -0.39 is 0 Å². The molecule has 3 rings (SSSR count). The zero-order chi connectivity index (χ0) is 24.7. The summed E-state index contributed by atoms with van der Waals surface area (Å²) in [5, 5.41) is 13.3. The van der Waals surface area contributed by atoms with E-state index in [9.17, 15) is 5.11 Å². The Bertz CT molecular complexity index is 1010. The quantitative estimate of drug-likeness (QED) is 0.174. The van der Waals surface area contributed by atoms with Gasteiger partial charge in [-0.05, 0) is 71.5 Å². The molecule has 186 valence electrons. The van der Waals surface area contributed by atoms with Crippen LogP contribution in [0.15, 0.2) is 78.9 Å². The van der Waals surface area contributed by atoms with Crippen molar-refractivity contribution in [2.24, 2.45) is 0 Å². The van der Waals surface area contributed by atoms with Crippen molar-refractivity contribution in [1.29, 1.82) is 0 Å². The van der Waals surface area contributed by atoms with Crippen LogP contribution in [0.1, 0.15) is 75.5 Å². The molecular formula is C32H41NO2. The predicted molar refractivity (Wildman–Crippen MR) is 149 cm³/mol. The van der Waals surface area contributed by atoms with E-state index in [0.717, 1.165) is 36.4 Å². The summed E-state index contributed by atoms with van der Waals surface area (Å²) in [6.45, 7) is 7.05. The van der Waals surface area contributed by atoms with Crippen LogP contribution in [0.4, 0.5) is 0 Å². The van der Waals surface area contributed by atoms with Crippen LogP contribution in [0.3, 0.4) is 0 Å². The molecule has 0 bridgehead atoms. The highest BCUT2D eigenvalue weighted by atomic mass is 16.5. The standard InChI is InChI=1S/C32H41NO2/c1-3-5-6-7-8-12-23-33-24-25-35-30-21-17-28(18-22-30)32(27-15-19-29(34)20-16-27)31(4-2)26-13-10-9-11-14-26/h9-11,13-22,33-34H,3-8,12,23-25H2,1-2H3/b32-31-. The van der Waals surface area contributed by atoms with E-state index in [2.05, 4.69) is 67.7 Å². The average Bonchev–Trinajstić information content (AvgIpc) is 2.90. The molecule has 0 amide bonds. The molecule has 0 spiro atoms. The molecule has 0 saturated heterocycles. The van der Waals surface area contributed by atoms with Crippen molar-refractivity contribution in [3.8, 4) is 11.5 Å². The highest BCUT2D eigenvalue weighted by molar-refractivity contribution is 5.98. The number of hydrogen-bond acceptors (Lipinski definition) is 3. The molecule has 35 heavy (non-hydrogen) atoms. The van der Waals surface area contributed by atoms with Crippen LogP contribution in [0.25, 0.3) is 11.1 Å². The Balaban J connectivity index is 1.63. The van der Waals surface area contributed by atoms with Gasteiger partial charge in [0.25, 0.3) is 0 Å². The first-order valence-corrected chi connectivity index (χ1v) is 13.2. The zero-order valence-corrected chi connectivity index (χ0v) is 21.4. The fourth-order valence-corrected chi connectivity index (χ4v) is 4.42. The van der Waals surface area contributed by atoms with Gasteiger partial charge in [-0.3, -0.25) is 0 Å². The number of nitrogens with one attached hydrogen (secondary N) is 1. The van der Waals surface area contributed by atoms with E-state index in [1.807, 2.05) is 18.2 Å². The first-order chi connectivity index (χ1) is 17.2. The van der Waals surface area contributed by atoms with E-state index in [1.165, 1.54) is 55.2 Å². The smallest absolute Gasteiger partial charge is 0.119 e. The first kappa shape index (κ1) is 26.6. The van der Waals surface area contributed by atoms with Crippen LogP contribution in [0.5, 0.6) is 11.5 Å². The van der Waals surface area contributed by atoms with Crippen molar-refractivity contribution in [3.63, 3.8) is 0 Å². The summed E-state index contributed by atoms with van der Waals surface area (Å²) in [6.07, 6.45) is 8.84. The monoisotopic (exact) mass is 471 g/mol. The lowest BCUT2D eigenvalue weighted by Crippen LogP contribution is -2.22. The normalized spacial score (nSPS) is 11.8. The van der Waals surface area contributed by atoms with Gasteiger partial charge in [0.15, 0.2) is 0 Å². The van der Waals surface area contributed by atoms with Crippen LogP contribution >= 0.6 is 0 Å². The van der Waals surface area contributed by atoms with Gasteiger partial charge in [-0.25, -0.2) is 0 Å². The highest BCUT2D eigenvalue weighted by Gasteiger charge is 2.13. The lowest BCUT2D eigenvalue weighted by Gasteiger charge is -2.17. The Morgan fingerprint density at radius 2 is 1.31 bits per heavy atom. The second-order valence-corrected chi connectivity index (χ2v) is 9.01. The zero-order valence-electron chi connectivity index (χ0n) is 21.4. The average molecular weight is 472 g/mol. The minimum absolute atomic E-state index is 0.278. The van der Waals surface area contributed by atoms with Gasteiger partial charge in [-0.1, -0.05) is 101 Å². The third-order valence-electron chi connectivity index (χ3n) is 6.33. The third kappa shape index (κ3) is 8.60. The largest absolute Gasteiger partial charge is 0.508 e. The molecule has 0 fully saturated rings. The highest BCUT2D eigenvalue weighted by Crippen LogP contribution is 2.35. The fourth-order valence-electron chi connectivity index (χ4n) is 4.42. The minimum atomic E-state index is 0.278. The van der Waals surface area contributed by atoms with Gasteiger partial charge in [0.2, 0.25) is 0 Å². The van der Waals surface area contributed by atoms with E-state index in [4.69, 9.17) is 4.74 Å². The summed E-state index contributed by atoms with van der Waals surface area (Å²) in [6, 6.07) is 26.4. The summed E-state index contributed by atoms with van der Waals surface area (Å²) in [5.41, 5.74) is 5.92. The van der Waals surface area contributed by atoms with Crippen LogP contribution in [-0.2, 0) is 0 Å².